The molecule has 0 saturated heterocycles. The lowest BCUT2D eigenvalue weighted by Crippen LogP contribution is -2.30. The van der Waals surface area contributed by atoms with Crippen LogP contribution in [-0.2, 0) is 19.1 Å². The third kappa shape index (κ3) is 5.55. The van der Waals surface area contributed by atoms with Crippen molar-refractivity contribution in [1.29, 1.82) is 0 Å². The second-order valence-electron chi connectivity index (χ2n) is 8.36. The van der Waals surface area contributed by atoms with Crippen molar-refractivity contribution in [3.05, 3.63) is 112 Å². The van der Waals surface area contributed by atoms with Gasteiger partial charge in [-0.25, -0.2) is 14.6 Å². The third-order valence-corrected chi connectivity index (χ3v) is 6.99. The molecule has 39 heavy (non-hydrogen) atoms. The van der Waals surface area contributed by atoms with Crippen molar-refractivity contribution in [1.82, 2.24) is 4.98 Å². The highest BCUT2D eigenvalue weighted by Crippen LogP contribution is 2.43. The maximum Gasteiger partial charge on any atom is 0.350 e. The summed E-state index contributed by atoms with van der Waals surface area (Å²) < 4.78 is 9.87. The Kier molecular flexibility index (Phi) is 8.16. The molecule has 0 radical (unpaired) electrons. The zero-order valence-electron chi connectivity index (χ0n) is 21.1. The molecule has 0 bridgehead atoms. The van der Waals surface area contributed by atoms with Crippen molar-refractivity contribution >= 4 is 46.2 Å². The fraction of sp³-hybridized carbons (Fsp3) is 0.138. The predicted octanol–water partition coefficient (Wildman–Crippen LogP) is 4.76. The fourth-order valence-corrected chi connectivity index (χ4v) is 4.98. The predicted molar refractivity (Wildman–Crippen MR) is 145 cm³/mol. The molecule has 0 fully saturated rings. The largest absolute Gasteiger partial charge is 0.503 e. The van der Waals surface area contributed by atoms with Crippen molar-refractivity contribution in [2.45, 2.75) is 13.0 Å². The number of aromatic nitrogens is 1. The van der Waals surface area contributed by atoms with Crippen LogP contribution in [0.1, 0.15) is 42.9 Å². The summed E-state index contributed by atoms with van der Waals surface area (Å²) in [7, 11) is 1.26. The molecule has 1 amide bonds. The van der Waals surface area contributed by atoms with E-state index in [-0.39, 0.29) is 27.8 Å². The summed E-state index contributed by atoms with van der Waals surface area (Å²) >= 11 is 0.899. The van der Waals surface area contributed by atoms with E-state index in [1.54, 1.807) is 37.3 Å². The summed E-state index contributed by atoms with van der Waals surface area (Å²) in [5.41, 5.74) is 1.60. The number of aliphatic hydroxyl groups is 1. The van der Waals surface area contributed by atoms with Crippen LogP contribution in [0.15, 0.2) is 84.7 Å². The molecule has 0 spiro atoms. The number of thiazole rings is 1. The lowest BCUT2D eigenvalue weighted by Gasteiger charge is -2.24. The molecule has 1 N–H and O–H groups in total. The van der Waals surface area contributed by atoms with Crippen LogP contribution in [-0.4, -0.2) is 47.4 Å². The number of allylic oxidation sites excluding steroid dienone is 1. The molecule has 2 heterocycles. The smallest absolute Gasteiger partial charge is 0.350 e. The van der Waals surface area contributed by atoms with Crippen LogP contribution in [0, 0.1) is 6.92 Å². The lowest BCUT2D eigenvalue weighted by molar-refractivity contribution is -0.117. The Hall–Kier alpha value is -4.83. The van der Waals surface area contributed by atoms with Crippen LogP contribution in [0.25, 0.3) is 6.08 Å². The summed E-state index contributed by atoms with van der Waals surface area (Å²) in [4.78, 5) is 56.9. The quantitative estimate of drug-likeness (QED) is 0.232. The molecule has 9 nitrogen and oxygen atoms in total. The maximum absolute atomic E-state index is 13.4. The fourth-order valence-electron chi connectivity index (χ4n) is 3.99. The minimum absolute atomic E-state index is 0.00192. The lowest BCUT2D eigenvalue weighted by atomic mass is 9.95. The van der Waals surface area contributed by atoms with Gasteiger partial charge in [0.25, 0.3) is 5.91 Å². The van der Waals surface area contributed by atoms with Gasteiger partial charge >= 0.3 is 11.9 Å². The Labute approximate surface area is 228 Å². The first-order valence-corrected chi connectivity index (χ1v) is 12.6. The number of carbonyl (C=O) groups excluding carboxylic acids is 4. The maximum atomic E-state index is 13.4. The van der Waals surface area contributed by atoms with E-state index in [0.717, 1.165) is 21.8 Å². The SMILES string of the molecule is C=CCOC(=O)c1sc(N2C(=O)C(O)=C(C(=O)C=Cc3ccccc3)C2c2ccc(C(=O)OC)cc2)nc1C. The highest BCUT2D eigenvalue weighted by Gasteiger charge is 2.45. The Morgan fingerprint density at radius 2 is 1.79 bits per heavy atom. The highest BCUT2D eigenvalue weighted by molar-refractivity contribution is 7.17. The molecule has 10 heteroatoms. The Morgan fingerprint density at radius 3 is 2.44 bits per heavy atom. The molecule has 198 valence electrons. The van der Waals surface area contributed by atoms with Gasteiger partial charge in [-0.05, 0) is 36.3 Å². The van der Waals surface area contributed by atoms with E-state index >= 15 is 0 Å². The number of nitrogens with zero attached hydrogens (tertiary/aromatic N) is 2. The Balaban J connectivity index is 1.78. The first-order chi connectivity index (χ1) is 18.8. The van der Waals surface area contributed by atoms with Crippen molar-refractivity contribution in [3.63, 3.8) is 0 Å². The second kappa shape index (κ2) is 11.7. The highest BCUT2D eigenvalue weighted by atomic mass is 32.1. The topological polar surface area (TPSA) is 123 Å². The van der Waals surface area contributed by atoms with E-state index in [2.05, 4.69) is 11.6 Å². The average molecular weight is 545 g/mol. The number of aliphatic hydroxyl groups excluding tert-OH is 1. The average Bonchev–Trinajstić information content (AvgIpc) is 3.46. The number of anilines is 1. The molecular formula is C29H24N2O7S. The third-order valence-electron chi connectivity index (χ3n) is 5.86. The van der Waals surface area contributed by atoms with Crippen LogP contribution in [0.3, 0.4) is 0 Å². The number of aryl methyl sites for hydroxylation is 1. The summed E-state index contributed by atoms with van der Waals surface area (Å²) in [6.45, 7) is 5.11. The number of rotatable bonds is 9. The number of amides is 1. The number of ether oxygens (including phenoxy) is 2. The van der Waals surface area contributed by atoms with Crippen molar-refractivity contribution in [2.24, 2.45) is 0 Å². The zero-order chi connectivity index (χ0) is 28.1. The number of ketones is 1. The Bertz CT molecular complexity index is 1500. The first kappa shape index (κ1) is 27.2. The van der Waals surface area contributed by atoms with Crippen molar-refractivity contribution in [2.75, 3.05) is 18.6 Å². The minimum Gasteiger partial charge on any atom is -0.503 e. The van der Waals surface area contributed by atoms with Gasteiger partial charge in [0.2, 0.25) is 0 Å². The summed E-state index contributed by atoms with van der Waals surface area (Å²) in [5, 5.41) is 11.0. The van der Waals surface area contributed by atoms with Gasteiger partial charge in [0.1, 0.15) is 11.5 Å². The van der Waals surface area contributed by atoms with Crippen molar-refractivity contribution in [3.8, 4) is 0 Å². The second-order valence-corrected chi connectivity index (χ2v) is 9.34. The number of carbonyl (C=O) groups is 4. The van der Waals surface area contributed by atoms with E-state index in [4.69, 9.17) is 9.47 Å². The van der Waals surface area contributed by atoms with Crippen molar-refractivity contribution < 1.29 is 33.8 Å². The van der Waals surface area contributed by atoms with Gasteiger partial charge in [-0.1, -0.05) is 72.5 Å². The minimum atomic E-state index is -1.08. The number of methoxy groups -OCH3 is 1. The van der Waals surface area contributed by atoms with Gasteiger partial charge in [-0.2, -0.15) is 0 Å². The van der Waals surface area contributed by atoms with E-state index in [1.165, 1.54) is 31.4 Å². The van der Waals surface area contributed by atoms with Gasteiger partial charge in [-0.15, -0.1) is 0 Å². The number of hydrogen-bond acceptors (Lipinski definition) is 9. The number of hydrogen-bond donors (Lipinski definition) is 1. The number of esters is 2. The molecular weight excluding hydrogens is 520 g/mol. The number of benzene rings is 2. The van der Waals surface area contributed by atoms with Gasteiger partial charge in [-0.3, -0.25) is 14.5 Å². The van der Waals surface area contributed by atoms with E-state index in [9.17, 15) is 24.3 Å². The monoisotopic (exact) mass is 544 g/mol. The van der Waals surface area contributed by atoms with Gasteiger partial charge in [0.05, 0.1) is 30.0 Å². The van der Waals surface area contributed by atoms with Gasteiger partial charge < -0.3 is 14.6 Å². The van der Waals surface area contributed by atoms with Crippen LogP contribution < -0.4 is 4.90 Å². The van der Waals surface area contributed by atoms with E-state index in [0.29, 0.717) is 11.3 Å². The zero-order valence-corrected chi connectivity index (χ0v) is 21.9. The van der Waals surface area contributed by atoms with Crippen LogP contribution in [0.4, 0.5) is 5.13 Å². The molecule has 1 aliphatic rings. The van der Waals surface area contributed by atoms with Crippen LogP contribution >= 0.6 is 11.3 Å². The molecule has 1 aromatic heterocycles. The molecule has 0 aliphatic carbocycles. The summed E-state index contributed by atoms with van der Waals surface area (Å²) in [6.07, 6.45) is 4.28. The van der Waals surface area contributed by atoms with Crippen LogP contribution in [0.2, 0.25) is 0 Å². The molecule has 1 unspecified atom stereocenters. The van der Waals surface area contributed by atoms with Gasteiger partial charge in [0, 0.05) is 0 Å². The molecule has 3 aromatic rings. The van der Waals surface area contributed by atoms with Crippen LogP contribution in [0.5, 0.6) is 0 Å². The van der Waals surface area contributed by atoms with Gasteiger partial charge in [0.15, 0.2) is 16.7 Å². The normalized spacial score (nSPS) is 15.1. The standard InChI is InChI=1S/C29H24N2O7S/c1-4-16-38-28(36)25-17(2)30-29(39-25)31-23(19-11-13-20(14-12-19)27(35)37-3)22(24(33)26(31)34)21(32)15-10-18-8-6-5-7-9-18/h4-15,23,33H,1,16H2,2-3H3. The van der Waals surface area contributed by atoms with E-state index in [1.807, 2.05) is 18.2 Å². The molecule has 1 aliphatic heterocycles. The Morgan fingerprint density at radius 1 is 1.10 bits per heavy atom. The molecule has 0 saturated carbocycles. The summed E-state index contributed by atoms with van der Waals surface area (Å²) in [5.74, 6) is -3.37. The summed E-state index contributed by atoms with van der Waals surface area (Å²) in [6, 6.07) is 14.1. The van der Waals surface area contributed by atoms with E-state index < -0.39 is 35.4 Å². The molecule has 4 rings (SSSR count). The first-order valence-electron chi connectivity index (χ1n) is 11.7. The molecule has 1 atom stereocenters. The molecule has 2 aromatic carbocycles.